The predicted molar refractivity (Wildman–Crippen MR) is 61.6 cm³/mol. The first-order chi connectivity index (χ1) is 7.31. The van der Waals surface area contributed by atoms with Gasteiger partial charge < -0.3 is 5.32 Å². The standard InChI is InChI=1S/C12H19N3/c1-13-12(10-6-4-3-5-7-10)11-8-9-15(2)14-11/h6,8-9,12-13H,3-5,7H2,1-2H3. The van der Waals surface area contributed by atoms with Gasteiger partial charge in [0.25, 0.3) is 0 Å². The maximum absolute atomic E-state index is 4.47. The van der Waals surface area contributed by atoms with E-state index in [1.54, 1.807) is 0 Å². The lowest BCUT2D eigenvalue weighted by molar-refractivity contribution is 0.573. The summed E-state index contributed by atoms with van der Waals surface area (Å²) in [7, 11) is 3.97. The Bertz CT molecular complexity index is 352. The number of likely N-dealkylation sites (N-methyl/N-ethyl adjacent to an activating group) is 1. The van der Waals surface area contributed by atoms with Crippen LogP contribution in [0.2, 0.25) is 0 Å². The van der Waals surface area contributed by atoms with Gasteiger partial charge >= 0.3 is 0 Å². The Hall–Kier alpha value is -1.09. The van der Waals surface area contributed by atoms with Crippen LogP contribution in [0.3, 0.4) is 0 Å². The van der Waals surface area contributed by atoms with Crippen LogP contribution in [0.15, 0.2) is 23.9 Å². The molecule has 0 aromatic carbocycles. The third-order valence-electron chi connectivity index (χ3n) is 3.02. The number of aromatic nitrogens is 2. The molecule has 0 spiro atoms. The summed E-state index contributed by atoms with van der Waals surface area (Å²) in [6.45, 7) is 0. The fourth-order valence-corrected chi connectivity index (χ4v) is 2.24. The molecule has 1 atom stereocenters. The van der Waals surface area contributed by atoms with E-state index in [1.165, 1.54) is 31.3 Å². The fraction of sp³-hybridized carbons (Fsp3) is 0.583. The van der Waals surface area contributed by atoms with Crippen molar-refractivity contribution in [3.05, 3.63) is 29.6 Å². The Morgan fingerprint density at radius 1 is 1.47 bits per heavy atom. The van der Waals surface area contributed by atoms with Crippen LogP contribution >= 0.6 is 0 Å². The molecule has 3 heteroatoms. The van der Waals surface area contributed by atoms with Gasteiger partial charge in [-0.1, -0.05) is 11.6 Å². The van der Waals surface area contributed by atoms with E-state index in [0.29, 0.717) is 6.04 Å². The van der Waals surface area contributed by atoms with Crippen LogP contribution in [0, 0.1) is 0 Å². The van der Waals surface area contributed by atoms with E-state index < -0.39 is 0 Å². The maximum Gasteiger partial charge on any atom is 0.0835 e. The van der Waals surface area contributed by atoms with Gasteiger partial charge in [-0.15, -0.1) is 0 Å². The molecule has 1 heterocycles. The highest BCUT2D eigenvalue weighted by atomic mass is 15.3. The van der Waals surface area contributed by atoms with E-state index in [1.807, 2.05) is 25.0 Å². The molecule has 1 aliphatic rings. The zero-order valence-electron chi connectivity index (χ0n) is 9.53. The van der Waals surface area contributed by atoms with E-state index in [-0.39, 0.29) is 0 Å². The number of allylic oxidation sites excluding steroid dienone is 1. The summed E-state index contributed by atoms with van der Waals surface area (Å²) < 4.78 is 1.86. The van der Waals surface area contributed by atoms with Gasteiger partial charge in [-0.25, -0.2) is 0 Å². The molecule has 1 N–H and O–H groups in total. The van der Waals surface area contributed by atoms with Crippen LogP contribution in [0.1, 0.15) is 37.4 Å². The van der Waals surface area contributed by atoms with Crippen molar-refractivity contribution in [3.63, 3.8) is 0 Å². The van der Waals surface area contributed by atoms with Crippen molar-refractivity contribution < 1.29 is 0 Å². The Balaban J connectivity index is 2.19. The molecule has 1 unspecified atom stereocenters. The number of rotatable bonds is 3. The van der Waals surface area contributed by atoms with Crippen LogP contribution in [-0.2, 0) is 7.05 Å². The lowest BCUT2D eigenvalue weighted by Gasteiger charge is -2.21. The van der Waals surface area contributed by atoms with E-state index in [4.69, 9.17) is 0 Å². The maximum atomic E-state index is 4.47. The summed E-state index contributed by atoms with van der Waals surface area (Å²) >= 11 is 0. The van der Waals surface area contributed by atoms with Gasteiger partial charge in [-0.05, 0) is 38.8 Å². The quantitative estimate of drug-likeness (QED) is 0.766. The lowest BCUT2D eigenvalue weighted by Crippen LogP contribution is -2.20. The molecule has 2 rings (SSSR count). The van der Waals surface area contributed by atoms with Crippen LogP contribution < -0.4 is 5.32 Å². The first kappa shape index (κ1) is 10.4. The van der Waals surface area contributed by atoms with E-state index >= 15 is 0 Å². The fourth-order valence-electron chi connectivity index (χ4n) is 2.24. The van der Waals surface area contributed by atoms with E-state index in [9.17, 15) is 0 Å². The molecule has 3 nitrogen and oxygen atoms in total. The molecule has 15 heavy (non-hydrogen) atoms. The summed E-state index contributed by atoms with van der Waals surface area (Å²) in [5.41, 5.74) is 2.63. The summed E-state index contributed by atoms with van der Waals surface area (Å²) in [5, 5.41) is 7.83. The van der Waals surface area contributed by atoms with Crippen molar-refractivity contribution in [1.82, 2.24) is 15.1 Å². The number of hydrogen-bond acceptors (Lipinski definition) is 2. The van der Waals surface area contributed by atoms with Crippen molar-refractivity contribution in [2.24, 2.45) is 7.05 Å². The number of hydrogen-bond donors (Lipinski definition) is 1. The van der Waals surface area contributed by atoms with Gasteiger partial charge in [0.15, 0.2) is 0 Å². The molecule has 1 aromatic heterocycles. The van der Waals surface area contributed by atoms with Crippen molar-refractivity contribution in [2.75, 3.05) is 7.05 Å². The van der Waals surface area contributed by atoms with Crippen LogP contribution in [0.5, 0.6) is 0 Å². The number of nitrogens with one attached hydrogen (secondary N) is 1. The average Bonchev–Trinajstić information content (AvgIpc) is 2.68. The monoisotopic (exact) mass is 205 g/mol. The van der Waals surface area contributed by atoms with Crippen molar-refractivity contribution in [2.45, 2.75) is 31.7 Å². The minimum absolute atomic E-state index is 0.312. The average molecular weight is 205 g/mol. The summed E-state index contributed by atoms with van der Waals surface area (Å²) in [4.78, 5) is 0. The Morgan fingerprint density at radius 2 is 2.33 bits per heavy atom. The molecule has 0 fully saturated rings. The summed E-state index contributed by atoms with van der Waals surface area (Å²) in [5.74, 6) is 0. The summed E-state index contributed by atoms with van der Waals surface area (Å²) in [6.07, 6.45) is 9.46. The van der Waals surface area contributed by atoms with Crippen molar-refractivity contribution in [1.29, 1.82) is 0 Å². The van der Waals surface area contributed by atoms with Crippen molar-refractivity contribution in [3.8, 4) is 0 Å². The van der Waals surface area contributed by atoms with Gasteiger partial charge in [0.05, 0.1) is 11.7 Å². The first-order valence-electron chi connectivity index (χ1n) is 5.67. The number of aryl methyl sites for hydroxylation is 1. The topological polar surface area (TPSA) is 29.9 Å². The highest BCUT2D eigenvalue weighted by Gasteiger charge is 2.18. The summed E-state index contributed by atoms with van der Waals surface area (Å²) in [6, 6.07) is 2.41. The molecule has 0 aliphatic heterocycles. The third kappa shape index (κ3) is 2.29. The molecule has 0 amide bonds. The second kappa shape index (κ2) is 4.62. The molecular weight excluding hydrogens is 186 g/mol. The highest BCUT2D eigenvalue weighted by Crippen LogP contribution is 2.28. The Labute approximate surface area is 91.2 Å². The minimum atomic E-state index is 0.312. The van der Waals surface area contributed by atoms with Gasteiger partial charge in [-0.2, -0.15) is 5.10 Å². The third-order valence-corrected chi connectivity index (χ3v) is 3.02. The van der Waals surface area contributed by atoms with Gasteiger partial charge in [0.2, 0.25) is 0 Å². The Kier molecular flexibility index (Phi) is 3.21. The number of nitrogens with zero attached hydrogens (tertiary/aromatic N) is 2. The minimum Gasteiger partial charge on any atom is -0.308 e. The molecule has 0 saturated carbocycles. The molecule has 0 saturated heterocycles. The van der Waals surface area contributed by atoms with Gasteiger partial charge in [0, 0.05) is 13.2 Å². The predicted octanol–water partition coefficient (Wildman–Crippen LogP) is 2.18. The first-order valence-corrected chi connectivity index (χ1v) is 5.67. The van der Waals surface area contributed by atoms with Crippen LogP contribution in [-0.4, -0.2) is 16.8 Å². The van der Waals surface area contributed by atoms with Gasteiger partial charge in [0.1, 0.15) is 0 Å². The largest absolute Gasteiger partial charge is 0.308 e. The van der Waals surface area contributed by atoms with Crippen molar-refractivity contribution >= 4 is 0 Å². The normalized spacial score (nSPS) is 18.7. The molecule has 1 aromatic rings. The van der Waals surface area contributed by atoms with Crippen LogP contribution in [0.25, 0.3) is 0 Å². The molecule has 82 valence electrons. The molecule has 1 aliphatic carbocycles. The lowest BCUT2D eigenvalue weighted by atomic mass is 9.92. The molecule has 0 bridgehead atoms. The second-order valence-electron chi connectivity index (χ2n) is 4.16. The van der Waals surface area contributed by atoms with Gasteiger partial charge in [-0.3, -0.25) is 4.68 Å². The highest BCUT2D eigenvalue weighted by molar-refractivity contribution is 5.22. The van der Waals surface area contributed by atoms with E-state index in [2.05, 4.69) is 22.6 Å². The molecular formula is C12H19N3. The van der Waals surface area contributed by atoms with Crippen LogP contribution in [0.4, 0.5) is 0 Å². The van der Waals surface area contributed by atoms with E-state index in [0.717, 1.165) is 5.69 Å². The SMILES string of the molecule is CNC(C1=CCCCC1)c1ccn(C)n1. The zero-order chi connectivity index (χ0) is 10.7. The Morgan fingerprint density at radius 3 is 2.87 bits per heavy atom. The second-order valence-corrected chi connectivity index (χ2v) is 4.16. The zero-order valence-corrected chi connectivity index (χ0v) is 9.53. The smallest absolute Gasteiger partial charge is 0.0835 e. The molecule has 0 radical (unpaired) electrons.